The molecule has 0 saturated carbocycles. The molecule has 0 saturated heterocycles. The van der Waals surface area contributed by atoms with Crippen molar-refractivity contribution in [3.05, 3.63) is 24.3 Å². The highest BCUT2D eigenvalue weighted by molar-refractivity contribution is 4.82. The van der Waals surface area contributed by atoms with Gasteiger partial charge in [-0.1, -0.05) is 168 Å². The quantitative estimate of drug-likeness (QED) is 0.0492. The third-order valence-corrected chi connectivity index (χ3v) is 10.6. The van der Waals surface area contributed by atoms with Gasteiger partial charge >= 0.3 is 0 Å². The van der Waals surface area contributed by atoms with Crippen LogP contribution in [-0.2, 0) is 0 Å². The summed E-state index contributed by atoms with van der Waals surface area (Å²) >= 11 is 0. The highest BCUT2D eigenvalue weighted by atomic mass is 15.2. The van der Waals surface area contributed by atoms with E-state index in [2.05, 4.69) is 61.8 Å². The predicted molar refractivity (Wildman–Crippen MR) is 228 cm³/mol. The number of rotatable bonds is 41. The van der Waals surface area contributed by atoms with Gasteiger partial charge in [-0.3, -0.25) is 0 Å². The van der Waals surface area contributed by atoms with E-state index in [1.807, 2.05) is 0 Å². The molecule has 0 heterocycles. The van der Waals surface area contributed by atoms with Crippen molar-refractivity contribution in [3.8, 4) is 0 Å². The zero-order chi connectivity index (χ0) is 36.6. The normalized spacial score (nSPS) is 13.5. The molecule has 4 heteroatoms. The smallest absolute Gasteiger partial charge is 0.0109 e. The average molecular weight is 703 g/mol. The van der Waals surface area contributed by atoms with Crippen LogP contribution in [0.5, 0.6) is 0 Å². The van der Waals surface area contributed by atoms with Crippen molar-refractivity contribution in [1.29, 1.82) is 0 Å². The number of hydrogen-bond acceptors (Lipinski definition) is 4. The van der Waals surface area contributed by atoms with Gasteiger partial charge in [0.05, 0.1) is 0 Å². The lowest BCUT2D eigenvalue weighted by Gasteiger charge is -2.30. The Kier molecular flexibility index (Phi) is 40.5. The highest BCUT2D eigenvalue weighted by Gasteiger charge is 2.14. The molecule has 4 N–H and O–H groups in total. The summed E-state index contributed by atoms with van der Waals surface area (Å²) in [4.78, 5) is 5.43. The summed E-state index contributed by atoms with van der Waals surface area (Å²) in [6.07, 6.45) is 48.1. The van der Waals surface area contributed by atoms with Crippen LogP contribution < -0.4 is 11.5 Å². The Morgan fingerprint density at radius 2 is 0.620 bits per heavy atom. The Hall–Kier alpha value is -0.680. The first-order valence-corrected chi connectivity index (χ1v) is 22.7. The topological polar surface area (TPSA) is 58.5 Å². The molecule has 4 nitrogen and oxygen atoms in total. The summed E-state index contributed by atoms with van der Waals surface area (Å²) in [5, 5.41) is 0. The molecule has 0 aliphatic rings. The first kappa shape index (κ1) is 49.3. The molecule has 0 aromatic rings. The second kappa shape index (κ2) is 41.1. The van der Waals surface area contributed by atoms with Gasteiger partial charge in [0.1, 0.15) is 0 Å². The fourth-order valence-corrected chi connectivity index (χ4v) is 7.07. The van der Waals surface area contributed by atoms with E-state index in [9.17, 15) is 0 Å². The minimum atomic E-state index is 0.566. The molecule has 0 spiro atoms. The van der Waals surface area contributed by atoms with Crippen molar-refractivity contribution in [2.45, 2.75) is 207 Å². The van der Waals surface area contributed by atoms with Gasteiger partial charge in [-0.15, -0.1) is 0 Å². The first-order valence-electron chi connectivity index (χ1n) is 22.7. The molecule has 0 rings (SSSR count). The van der Waals surface area contributed by atoms with Crippen molar-refractivity contribution in [2.24, 2.45) is 23.3 Å². The van der Waals surface area contributed by atoms with Crippen LogP contribution in [0.2, 0.25) is 0 Å². The standard InChI is InChI=1S/C46H94N4/c1-5-7-9-11-13-15-17-19-21-23-25-27-29-31-33-35-37-49(43-45(3)41-47)39-40-50(44-46(4)42-48)38-36-34-32-30-28-26-24-22-20-18-16-14-12-10-8-6-2/h19-22,45-46H,5-18,23-44,47-48H2,1-4H3. The maximum atomic E-state index is 6.07. The van der Waals surface area contributed by atoms with E-state index in [-0.39, 0.29) is 0 Å². The molecule has 0 aromatic carbocycles. The summed E-state index contributed by atoms with van der Waals surface area (Å²) in [7, 11) is 0. The Morgan fingerprint density at radius 3 is 0.900 bits per heavy atom. The van der Waals surface area contributed by atoms with Gasteiger partial charge < -0.3 is 21.3 Å². The molecule has 0 radical (unpaired) electrons. The van der Waals surface area contributed by atoms with E-state index in [1.54, 1.807) is 0 Å². The molecule has 50 heavy (non-hydrogen) atoms. The van der Waals surface area contributed by atoms with Gasteiger partial charge in [0.2, 0.25) is 0 Å². The number of hydrogen-bond donors (Lipinski definition) is 2. The van der Waals surface area contributed by atoms with Gasteiger partial charge in [0, 0.05) is 26.2 Å². The van der Waals surface area contributed by atoms with Gasteiger partial charge in [0.15, 0.2) is 0 Å². The molecule has 298 valence electrons. The maximum Gasteiger partial charge on any atom is 0.0109 e. The summed E-state index contributed by atoms with van der Waals surface area (Å²) in [5.41, 5.74) is 12.1. The highest BCUT2D eigenvalue weighted by Crippen LogP contribution is 2.13. The maximum absolute atomic E-state index is 6.07. The number of allylic oxidation sites excluding steroid dienone is 4. The van der Waals surface area contributed by atoms with Crippen molar-refractivity contribution in [2.75, 3.05) is 52.4 Å². The second-order valence-corrected chi connectivity index (χ2v) is 16.2. The summed E-state index contributed by atoms with van der Waals surface area (Å²) in [6, 6.07) is 0. The fraction of sp³-hybridized carbons (Fsp3) is 0.913. The lowest BCUT2D eigenvalue weighted by Crippen LogP contribution is -2.41. The van der Waals surface area contributed by atoms with Crippen molar-refractivity contribution in [3.63, 3.8) is 0 Å². The molecular formula is C46H94N4. The Labute approximate surface area is 316 Å². The fourth-order valence-electron chi connectivity index (χ4n) is 7.07. The summed E-state index contributed by atoms with van der Waals surface area (Å²) in [5.74, 6) is 1.13. The minimum Gasteiger partial charge on any atom is -0.330 e. The van der Waals surface area contributed by atoms with Gasteiger partial charge in [-0.25, -0.2) is 0 Å². The van der Waals surface area contributed by atoms with Crippen LogP contribution in [0.25, 0.3) is 0 Å². The van der Waals surface area contributed by atoms with Gasteiger partial charge in [0.25, 0.3) is 0 Å². The largest absolute Gasteiger partial charge is 0.330 e. The van der Waals surface area contributed by atoms with Crippen LogP contribution in [0, 0.1) is 11.8 Å². The van der Waals surface area contributed by atoms with Crippen molar-refractivity contribution in [1.82, 2.24) is 9.80 Å². The summed E-state index contributed by atoms with van der Waals surface area (Å²) in [6.45, 7) is 17.8. The lowest BCUT2D eigenvalue weighted by molar-refractivity contribution is 0.171. The third-order valence-electron chi connectivity index (χ3n) is 10.6. The SMILES string of the molecule is CCCCCCCCC=CCCCCCCCCN(CCN(CCCCCCCCC=CCCCCCCCC)CC(C)CN)CC(C)CN. The van der Waals surface area contributed by atoms with Crippen LogP contribution >= 0.6 is 0 Å². The third kappa shape index (κ3) is 37.1. The molecule has 0 amide bonds. The second-order valence-electron chi connectivity index (χ2n) is 16.2. The van der Waals surface area contributed by atoms with E-state index in [0.717, 1.165) is 26.2 Å². The predicted octanol–water partition coefficient (Wildman–Crippen LogP) is 12.9. The van der Waals surface area contributed by atoms with Gasteiger partial charge in [-0.2, -0.15) is 0 Å². The number of unbranched alkanes of at least 4 members (excludes halogenated alkanes) is 24. The zero-order valence-corrected chi connectivity index (χ0v) is 35.0. The van der Waals surface area contributed by atoms with Crippen LogP contribution in [-0.4, -0.2) is 62.2 Å². The lowest BCUT2D eigenvalue weighted by atomic mass is 10.1. The Morgan fingerprint density at radius 1 is 0.360 bits per heavy atom. The molecule has 0 bridgehead atoms. The minimum absolute atomic E-state index is 0.566. The molecule has 0 fully saturated rings. The zero-order valence-electron chi connectivity index (χ0n) is 35.0. The number of nitrogens with two attached hydrogens (primary N) is 2. The number of nitrogens with zero attached hydrogens (tertiary/aromatic N) is 2. The van der Waals surface area contributed by atoms with E-state index in [1.165, 1.54) is 206 Å². The van der Waals surface area contributed by atoms with Crippen LogP contribution in [0.3, 0.4) is 0 Å². The van der Waals surface area contributed by atoms with E-state index in [0.29, 0.717) is 11.8 Å². The summed E-state index contributed by atoms with van der Waals surface area (Å²) < 4.78 is 0. The monoisotopic (exact) mass is 703 g/mol. The van der Waals surface area contributed by atoms with E-state index < -0.39 is 0 Å². The van der Waals surface area contributed by atoms with Crippen LogP contribution in [0.4, 0.5) is 0 Å². The molecular weight excluding hydrogens is 609 g/mol. The first-order chi connectivity index (χ1) is 24.6. The van der Waals surface area contributed by atoms with Crippen LogP contribution in [0.15, 0.2) is 24.3 Å². The molecule has 2 atom stereocenters. The van der Waals surface area contributed by atoms with E-state index in [4.69, 9.17) is 11.5 Å². The molecule has 2 unspecified atom stereocenters. The Bertz CT molecular complexity index is 634. The molecule has 0 aliphatic carbocycles. The van der Waals surface area contributed by atoms with Crippen LogP contribution in [0.1, 0.15) is 207 Å². The van der Waals surface area contributed by atoms with Crippen molar-refractivity contribution >= 4 is 0 Å². The van der Waals surface area contributed by atoms with Crippen molar-refractivity contribution < 1.29 is 0 Å². The molecule has 0 aromatic heterocycles. The average Bonchev–Trinajstić information content (AvgIpc) is 3.12. The Balaban J connectivity index is 4.15. The van der Waals surface area contributed by atoms with Gasteiger partial charge in [-0.05, 0) is 102 Å². The van der Waals surface area contributed by atoms with E-state index >= 15 is 0 Å². The molecule has 0 aliphatic heterocycles.